The van der Waals surface area contributed by atoms with Crippen LogP contribution in [0.15, 0.2) is 97.2 Å². The van der Waals surface area contributed by atoms with Gasteiger partial charge in [0.1, 0.15) is 13.2 Å². The number of quaternary nitrogens is 1. The van der Waals surface area contributed by atoms with Crippen LogP contribution < -0.4 is 5.32 Å². The molecule has 9 heteroatoms. The summed E-state index contributed by atoms with van der Waals surface area (Å²) in [5, 5.41) is 14.1. The molecule has 482 valence electrons. The first-order chi connectivity index (χ1) is 40.5. The second kappa shape index (κ2) is 63.9. The minimum absolute atomic E-state index is 0.0733. The quantitative estimate of drug-likeness (QED) is 0.0243. The molecule has 8 nitrogen and oxygen atoms in total. The van der Waals surface area contributed by atoms with Crippen LogP contribution in [0.5, 0.6) is 0 Å². The molecule has 83 heavy (non-hydrogen) atoms. The minimum atomic E-state index is -4.33. The first-order valence-corrected chi connectivity index (χ1v) is 36.6. The van der Waals surface area contributed by atoms with Crippen LogP contribution in [0, 0.1) is 0 Å². The predicted octanol–water partition coefficient (Wildman–Crippen LogP) is 22.5. The van der Waals surface area contributed by atoms with Gasteiger partial charge < -0.3 is 19.8 Å². The number of unbranched alkanes of at least 4 members (excludes halogenated alkanes) is 35. The second-order valence-electron chi connectivity index (χ2n) is 24.9. The average Bonchev–Trinajstić information content (AvgIpc) is 3.49. The molecule has 0 aliphatic carbocycles. The maximum Gasteiger partial charge on any atom is 0.472 e. The van der Waals surface area contributed by atoms with Crippen LogP contribution in [0.4, 0.5) is 0 Å². The lowest BCUT2D eigenvalue weighted by Gasteiger charge is -2.26. The van der Waals surface area contributed by atoms with E-state index in [0.717, 1.165) is 89.9 Å². The highest BCUT2D eigenvalue weighted by atomic mass is 31.2. The largest absolute Gasteiger partial charge is 0.472 e. The number of hydrogen-bond donors (Lipinski definition) is 3. The topological polar surface area (TPSA) is 105 Å². The summed E-state index contributed by atoms with van der Waals surface area (Å²) in [5.41, 5.74) is 0. The SMILES string of the molecule is CC/C=C\C/C=C\C/C=C\C/C=C\C/C=C\C/C=C\C/C=C\C/C=C\CCCCCCCCCCCCCCCCCCC(=O)NC(COP(=O)(O)OCC[N+](C)(C)C)C(O)CCCCCCCCCCCCCCCCCCCCCC. The van der Waals surface area contributed by atoms with Gasteiger partial charge in [-0.15, -0.1) is 0 Å². The van der Waals surface area contributed by atoms with E-state index in [-0.39, 0.29) is 19.1 Å². The molecule has 1 amide bonds. The van der Waals surface area contributed by atoms with Gasteiger partial charge in [-0.25, -0.2) is 4.57 Å². The maximum atomic E-state index is 13.1. The fraction of sp³-hybridized carbons (Fsp3) is 0.770. The number of aliphatic hydroxyl groups excluding tert-OH is 1. The van der Waals surface area contributed by atoms with Gasteiger partial charge in [0.15, 0.2) is 0 Å². The summed E-state index contributed by atoms with van der Waals surface area (Å²) in [4.78, 5) is 23.4. The predicted molar refractivity (Wildman–Crippen MR) is 364 cm³/mol. The number of hydrogen-bond acceptors (Lipinski definition) is 5. The second-order valence-corrected chi connectivity index (χ2v) is 26.3. The summed E-state index contributed by atoms with van der Waals surface area (Å²) in [6.07, 6.45) is 92.2. The lowest BCUT2D eigenvalue weighted by Crippen LogP contribution is -2.46. The molecule has 0 radical (unpaired) electrons. The number of rotatable bonds is 64. The van der Waals surface area contributed by atoms with E-state index in [9.17, 15) is 19.4 Å². The Bertz CT molecular complexity index is 1670. The molecular formula is C74H136N2O6P+. The van der Waals surface area contributed by atoms with E-state index in [0.29, 0.717) is 23.9 Å². The van der Waals surface area contributed by atoms with E-state index in [2.05, 4.69) is 116 Å². The first kappa shape index (κ1) is 80.4. The zero-order chi connectivity index (χ0) is 60.5. The fourth-order valence-corrected chi connectivity index (χ4v) is 10.9. The number of nitrogens with one attached hydrogen (secondary N) is 1. The van der Waals surface area contributed by atoms with Crippen LogP contribution in [0.25, 0.3) is 0 Å². The van der Waals surface area contributed by atoms with E-state index in [1.165, 1.54) is 199 Å². The van der Waals surface area contributed by atoms with E-state index < -0.39 is 20.0 Å². The fourth-order valence-electron chi connectivity index (χ4n) is 10.2. The van der Waals surface area contributed by atoms with Crippen LogP contribution >= 0.6 is 7.82 Å². The van der Waals surface area contributed by atoms with Gasteiger partial charge in [-0.3, -0.25) is 13.8 Å². The van der Waals surface area contributed by atoms with Crippen molar-refractivity contribution in [3.8, 4) is 0 Å². The highest BCUT2D eigenvalue weighted by molar-refractivity contribution is 7.47. The van der Waals surface area contributed by atoms with Gasteiger partial charge in [0.2, 0.25) is 5.91 Å². The Morgan fingerprint density at radius 1 is 0.422 bits per heavy atom. The van der Waals surface area contributed by atoms with Crippen molar-refractivity contribution in [3.63, 3.8) is 0 Å². The van der Waals surface area contributed by atoms with Crippen molar-refractivity contribution in [1.82, 2.24) is 5.32 Å². The monoisotopic (exact) mass is 1180 g/mol. The third kappa shape index (κ3) is 66.8. The summed E-state index contributed by atoms with van der Waals surface area (Å²) < 4.78 is 23.9. The Kier molecular flexibility index (Phi) is 61.9. The molecule has 0 spiro atoms. The van der Waals surface area contributed by atoms with Gasteiger partial charge in [0.25, 0.3) is 0 Å². The van der Waals surface area contributed by atoms with Gasteiger partial charge in [-0.1, -0.05) is 329 Å². The van der Waals surface area contributed by atoms with Crippen molar-refractivity contribution in [3.05, 3.63) is 97.2 Å². The summed E-state index contributed by atoms with van der Waals surface area (Å²) >= 11 is 0. The normalized spacial score (nSPS) is 14.3. The molecule has 0 aromatic heterocycles. The highest BCUT2D eigenvalue weighted by Gasteiger charge is 2.28. The first-order valence-electron chi connectivity index (χ1n) is 35.1. The molecule has 0 aliphatic heterocycles. The van der Waals surface area contributed by atoms with E-state index in [4.69, 9.17) is 9.05 Å². The smallest absolute Gasteiger partial charge is 0.391 e. The van der Waals surface area contributed by atoms with Gasteiger partial charge in [-0.2, -0.15) is 0 Å². The molecule has 3 N–H and O–H groups in total. The number of nitrogens with zero attached hydrogens (tertiary/aromatic N) is 1. The molecule has 3 atom stereocenters. The molecule has 0 fully saturated rings. The van der Waals surface area contributed by atoms with Crippen molar-refractivity contribution in [2.24, 2.45) is 0 Å². The Hall–Kier alpha value is -2.58. The zero-order valence-electron chi connectivity index (χ0n) is 55.2. The number of aliphatic hydroxyl groups is 1. The molecular weight excluding hydrogens is 1040 g/mol. The Morgan fingerprint density at radius 3 is 1.06 bits per heavy atom. The van der Waals surface area contributed by atoms with E-state index in [1.807, 2.05) is 21.1 Å². The number of phosphoric ester groups is 1. The van der Waals surface area contributed by atoms with Crippen molar-refractivity contribution in [2.75, 3.05) is 40.9 Å². The van der Waals surface area contributed by atoms with Crippen LogP contribution in [0.3, 0.4) is 0 Å². The Labute approximate surface area is 515 Å². The molecule has 0 rings (SSSR count). The van der Waals surface area contributed by atoms with Gasteiger partial charge >= 0.3 is 7.82 Å². The van der Waals surface area contributed by atoms with Crippen LogP contribution in [-0.4, -0.2) is 73.4 Å². The van der Waals surface area contributed by atoms with Crippen LogP contribution in [0.2, 0.25) is 0 Å². The third-order valence-electron chi connectivity index (χ3n) is 15.6. The molecule has 0 aromatic rings. The minimum Gasteiger partial charge on any atom is -0.391 e. The number of allylic oxidation sites excluding steroid dienone is 16. The number of amides is 1. The summed E-state index contributed by atoms with van der Waals surface area (Å²) in [6, 6.07) is -0.765. The van der Waals surface area contributed by atoms with Crippen LogP contribution in [0.1, 0.15) is 316 Å². The van der Waals surface area contributed by atoms with Gasteiger partial charge in [-0.05, 0) is 77.0 Å². The third-order valence-corrected chi connectivity index (χ3v) is 16.6. The van der Waals surface area contributed by atoms with Crippen molar-refractivity contribution >= 4 is 13.7 Å². The lowest BCUT2D eigenvalue weighted by molar-refractivity contribution is -0.870. The number of carbonyl (C=O) groups excluding carboxylic acids is 1. The molecule has 0 aromatic carbocycles. The molecule has 0 saturated heterocycles. The van der Waals surface area contributed by atoms with Gasteiger partial charge in [0.05, 0.1) is 39.9 Å². The highest BCUT2D eigenvalue weighted by Crippen LogP contribution is 2.43. The summed E-state index contributed by atoms with van der Waals surface area (Å²) in [5.74, 6) is -0.143. The number of likely N-dealkylation sites (N-methyl/N-ethyl adjacent to an activating group) is 1. The lowest BCUT2D eigenvalue weighted by atomic mass is 10.0. The van der Waals surface area contributed by atoms with Crippen molar-refractivity contribution in [1.29, 1.82) is 0 Å². The molecule has 0 saturated carbocycles. The Balaban J connectivity index is 3.99. The molecule has 0 aliphatic rings. The van der Waals surface area contributed by atoms with Crippen molar-refractivity contribution in [2.45, 2.75) is 328 Å². The van der Waals surface area contributed by atoms with Crippen LogP contribution in [-0.2, 0) is 18.4 Å². The Morgan fingerprint density at radius 2 is 0.723 bits per heavy atom. The molecule has 0 heterocycles. The summed E-state index contributed by atoms with van der Waals surface area (Å²) in [7, 11) is 1.62. The van der Waals surface area contributed by atoms with E-state index in [1.54, 1.807) is 0 Å². The van der Waals surface area contributed by atoms with Gasteiger partial charge in [0, 0.05) is 6.42 Å². The van der Waals surface area contributed by atoms with E-state index >= 15 is 0 Å². The number of phosphoric acid groups is 1. The molecule has 0 bridgehead atoms. The van der Waals surface area contributed by atoms with Crippen molar-refractivity contribution < 1.29 is 32.9 Å². The average molecular weight is 1180 g/mol. The number of carbonyl (C=O) groups is 1. The summed E-state index contributed by atoms with van der Waals surface area (Å²) in [6.45, 7) is 4.80. The zero-order valence-corrected chi connectivity index (χ0v) is 56.1. The standard InChI is InChI=1S/C74H135N2O6P/c1-6-8-10-12-14-16-18-20-22-24-26-28-29-30-31-32-33-34-35-36-37-38-39-40-41-42-43-44-45-46-47-48-50-52-54-56-58-60-62-64-66-68-74(78)75-72(71-82-83(79,80)81-70-69-76(3,4)5)73(77)67-65-63-61-59-57-55-53-51-49-27-25-23-21-19-17-15-13-11-9-7-2/h8,10,14,16,20,22,26,28,30-31,33-34,36-37,39-40,72-73,77H,6-7,9,11-13,15,17-19,21,23-25,27,29,32,35,38,41-71H2,1-5H3,(H-,75,78,79,80)/p+1/b10-8-,16-14-,22-20-,28-26-,31-30-,34-33-,37-36-,40-39-. The maximum absolute atomic E-state index is 13.1. The molecule has 3 unspecified atom stereocenters.